The minimum absolute atomic E-state index is 0.134. The second kappa shape index (κ2) is 2.56. The van der Waals surface area contributed by atoms with Gasteiger partial charge in [-0.15, -0.1) is 0 Å². The van der Waals surface area contributed by atoms with Crippen molar-refractivity contribution in [2.75, 3.05) is 0 Å². The van der Waals surface area contributed by atoms with Gasteiger partial charge in [-0.2, -0.15) is 0 Å². The van der Waals surface area contributed by atoms with Crippen LogP contribution in [0.1, 0.15) is 26.5 Å². The zero-order chi connectivity index (χ0) is 8.65. The van der Waals surface area contributed by atoms with Crippen LogP contribution >= 0.6 is 11.6 Å². The van der Waals surface area contributed by atoms with Gasteiger partial charge < -0.3 is 4.57 Å². The van der Waals surface area contributed by atoms with Gasteiger partial charge >= 0.3 is 0 Å². The third-order valence-electron chi connectivity index (χ3n) is 1.73. The molecule has 0 N–H and O–H groups in total. The van der Waals surface area contributed by atoms with E-state index in [-0.39, 0.29) is 5.41 Å². The lowest BCUT2D eigenvalue weighted by Crippen LogP contribution is -2.15. The summed E-state index contributed by atoms with van der Waals surface area (Å²) in [6, 6.07) is 1.93. The van der Waals surface area contributed by atoms with Crippen LogP contribution in [0, 0.1) is 0 Å². The van der Waals surface area contributed by atoms with E-state index in [0.717, 1.165) is 5.02 Å². The summed E-state index contributed by atoms with van der Waals surface area (Å²) >= 11 is 6.01. The largest absolute Gasteiger partial charge is 0.353 e. The number of aromatic nitrogens is 1. The van der Waals surface area contributed by atoms with Crippen molar-refractivity contribution in [3.8, 4) is 0 Å². The van der Waals surface area contributed by atoms with Gasteiger partial charge in [-0.25, -0.2) is 0 Å². The number of hydrogen-bond acceptors (Lipinski definition) is 0. The monoisotopic (exact) mass is 171 g/mol. The van der Waals surface area contributed by atoms with Crippen LogP contribution in [0.4, 0.5) is 0 Å². The van der Waals surface area contributed by atoms with Gasteiger partial charge in [0, 0.05) is 24.4 Å². The Hall–Kier alpha value is -0.430. The maximum absolute atomic E-state index is 6.01. The standard InChI is InChI=1S/C9H14ClN/c1-9(2,3)8-7(10)5-6-11(8)4/h5-6H,1-4H3. The molecule has 0 atom stereocenters. The minimum Gasteiger partial charge on any atom is -0.353 e. The zero-order valence-corrected chi connectivity index (χ0v) is 8.24. The average Bonchev–Trinajstić information content (AvgIpc) is 2.08. The van der Waals surface area contributed by atoms with Gasteiger partial charge in [0.1, 0.15) is 0 Å². The van der Waals surface area contributed by atoms with Crippen molar-refractivity contribution in [1.82, 2.24) is 4.57 Å². The van der Waals surface area contributed by atoms with Crippen LogP contribution in [0.5, 0.6) is 0 Å². The van der Waals surface area contributed by atoms with E-state index < -0.39 is 0 Å². The second-order valence-corrected chi connectivity index (χ2v) is 4.28. The van der Waals surface area contributed by atoms with E-state index in [2.05, 4.69) is 25.3 Å². The van der Waals surface area contributed by atoms with Gasteiger partial charge in [-0.3, -0.25) is 0 Å². The van der Waals surface area contributed by atoms with Crippen LogP contribution in [-0.2, 0) is 12.5 Å². The van der Waals surface area contributed by atoms with E-state index in [1.165, 1.54) is 5.69 Å². The van der Waals surface area contributed by atoms with E-state index in [0.29, 0.717) is 0 Å². The topological polar surface area (TPSA) is 4.93 Å². The van der Waals surface area contributed by atoms with E-state index in [1.54, 1.807) is 0 Å². The lowest BCUT2D eigenvalue weighted by molar-refractivity contribution is 0.543. The third-order valence-corrected chi connectivity index (χ3v) is 2.04. The number of nitrogens with zero attached hydrogens (tertiary/aromatic N) is 1. The molecule has 0 fully saturated rings. The maximum atomic E-state index is 6.01. The van der Waals surface area contributed by atoms with E-state index in [4.69, 9.17) is 11.6 Å². The summed E-state index contributed by atoms with van der Waals surface area (Å²) < 4.78 is 2.07. The van der Waals surface area contributed by atoms with Crippen LogP contribution in [0.25, 0.3) is 0 Å². The van der Waals surface area contributed by atoms with Gasteiger partial charge in [0.2, 0.25) is 0 Å². The Morgan fingerprint density at radius 2 is 1.91 bits per heavy atom. The highest BCUT2D eigenvalue weighted by Gasteiger charge is 2.19. The molecule has 0 radical (unpaired) electrons. The Morgan fingerprint density at radius 1 is 1.36 bits per heavy atom. The first kappa shape index (κ1) is 8.66. The number of hydrogen-bond donors (Lipinski definition) is 0. The molecule has 11 heavy (non-hydrogen) atoms. The lowest BCUT2D eigenvalue weighted by atomic mass is 9.92. The molecule has 0 aliphatic rings. The smallest absolute Gasteiger partial charge is 0.0620 e. The first-order valence-corrected chi connectivity index (χ1v) is 4.12. The number of aryl methyl sites for hydroxylation is 1. The van der Waals surface area contributed by atoms with E-state index >= 15 is 0 Å². The Labute approximate surface area is 73.0 Å². The van der Waals surface area contributed by atoms with Crippen LogP contribution in [0.2, 0.25) is 5.02 Å². The van der Waals surface area contributed by atoms with Gasteiger partial charge in [0.25, 0.3) is 0 Å². The molecule has 1 rings (SSSR count). The molecule has 0 spiro atoms. The Bertz CT molecular complexity index is 236. The van der Waals surface area contributed by atoms with Crippen LogP contribution in [0.3, 0.4) is 0 Å². The quantitative estimate of drug-likeness (QED) is 0.566. The lowest BCUT2D eigenvalue weighted by Gasteiger charge is -2.20. The van der Waals surface area contributed by atoms with E-state index in [9.17, 15) is 0 Å². The molecular weight excluding hydrogens is 158 g/mol. The predicted molar refractivity (Wildman–Crippen MR) is 49.1 cm³/mol. The van der Waals surface area contributed by atoms with Gasteiger partial charge in [-0.05, 0) is 6.07 Å². The first-order valence-electron chi connectivity index (χ1n) is 3.74. The van der Waals surface area contributed by atoms with Crippen molar-refractivity contribution >= 4 is 11.6 Å². The van der Waals surface area contributed by atoms with Crippen molar-refractivity contribution < 1.29 is 0 Å². The molecule has 0 aliphatic carbocycles. The molecule has 1 nitrogen and oxygen atoms in total. The number of rotatable bonds is 0. The molecule has 0 bridgehead atoms. The molecule has 0 aliphatic heterocycles. The summed E-state index contributed by atoms with van der Waals surface area (Å²) in [6.07, 6.45) is 1.99. The summed E-state index contributed by atoms with van der Waals surface area (Å²) in [4.78, 5) is 0. The Balaban J connectivity index is 3.21. The molecule has 2 heteroatoms. The fourth-order valence-electron chi connectivity index (χ4n) is 1.39. The van der Waals surface area contributed by atoms with Crippen molar-refractivity contribution in [2.24, 2.45) is 7.05 Å². The second-order valence-electron chi connectivity index (χ2n) is 3.87. The minimum atomic E-state index is 0.134. The van der Waals surface area contributed by atoms with Gasteiger partial charge in [0.15, 0.2) is 0 Å². The van der Waals surface area contributed by atoms with Crippen molar-refractivity contribution in [1.29, 1.82) is 0 Å². The van der Waals surface area contributed by atoms with Crippen LogP contribution in [0.15, 0.2) is 12.3 Å². The molecule has 0 saturated heterocycles. The van der Waals surface area contributed by atoms with Crippen molar-refractivity contribution in [3.63, 3.8) is 0 Å². The van der Waals surface area contributed by atoms with Gasteiger partial charge in [0.05, 0.1) is 5.02 Å². The average molecular weight is 172 g/mol. The highest BCUT2D eigenvalue weighted by molar-refractivity contribution is 6.31. The summed E-state index contributed by atoms with van der Waals surface area (Å²) in [5.74, 6) is 0. The Morgan fingerprint density at radius 3 is 2.09 bits per heavy atom. The highest BCUT2D eigenvalue weighted by atomic mass is 35.5. The zero-order valence-electron chi connectivity index (χ0n) is 7.48. The first-order chi connectivity index (χ1) is 4.93. The fourth-order valence-corrected chi connectivity index (χ4v) is 1.86. The maximum Gasteiger partial charge on any atom is 0.0620 e. The summed E-state index contributed by atoms with van der Waals surface area (Å²) in [6.45, 7) is 6.48. The van der Waals surface area contributed by atoms with Crippen LogP contribution in [-0.4, -0.2) is 4.57 Å². The molecule has 1 heterocycles. The number of halogens is 1. The predicted octanol–water partition coefficient (Wildman–Crippen LogP) is 2.98. The SMILES string of the molecule is Cn1ccc(Cl)c1C(C)(C)C. The fraction of sp³-hybridized carbons (Fsp3) is 0.556. The van der Waals surface area contributed by atoms with Crippen molar-refractivity contribution in [3.05, 3.63) is 23.0 Å². The van der Waals surface area contributed by atoms with Gasteiger partial charge in [-0.1, -0.05) is 32.4 Å². The molecular formula is C9H14ClN. The molecule has 1 aromatic heterocycles. The Kier molecular flexibility index (Phi) is 2.02. The summed E-state index contributed by atoms with van der Waals surface area (Å²) in [5.41, 5.74) is 1.33. The highest BCUT2D eigenvalue weighted by Crippen LogP contribution is 2.29. The normalized spacial score (nSPS) is 12.1. The van der Waals surface area contributed by atoms with Crippen LogP contribution < -0.4 is 0 Å². The third kappa shape index (κ3) is 1.59. The molecule has 0 amide bonds. The molecule has 0 unspecified atom stereocenters. The summed E-state index contributed by atoms with van der Waals surface area (Å²) in [5, 5.41) is 0.861. The molecule has 62 valence electrons. The molecule has 1 aromatic rings. The summed E-state index contributed by atoms with van der Waals surface area (Å²) in [7, 11) is 2.02. The molecule has 0 aromatic carbocycles. The van der Waals surface area contributed by atoms with Crippen molar-refractivity contribution in [2.45, 2.75) is 26.2 Å². The van der Waals surface area contributed by atoms with E-state index in [1.807, 2.05) is 19.3 Å². The molecule has 0 saturated carbocycles.